The van der Waals surface area contributed by atoms with Crippen LogP contribution in [-0.4, -0.2) is 26.2 Å². The summed E-state index contributed by atoms with van der Waals surface area (Å²) in [6.45, 7) is 6.08. The number of aliphatic carboxylic acids is 1. The predicted octanol–water partition coefficient (Wildman–Crippen LogP) is 4.20. The molecular formula is C18H20ClN3O4. The summed E-state index contributed by atoms with van der Waals surface area (Å²) in [6.07, 6.45) is 3.67. The Kier molecular flexibility index (Phi) is 6.91. The van der Waals surface area contributed by atoms with Gasteiger partial charge >= 0.3 is 5.97 Å². The van der Waals surface area contributed by atoms with E-state index >= 15 is 0 Å². The minimum absolute atomic E-state index is 0.0255. The molecule has 0 aliphatic rings. The number of halogens is 1. The van der Waals surface area contributed by atoms with Crippen LogP contribution in [-0.2, 0) is 17.8 Å². The highest BCUT2D eigenvalue weighted by molar-refractivity contribution is 6.32. The third-order valence-corrected chi connectivity index (χ3v) is 3.66. The lowest BCUT2D eigenvalue weighted by Crippen LogP contribution is -2.01. The van der Waals surface area contributed by atoms with Crippen LogP contribution in [0.3, 0.4) is 0 Å². The lowest BCUT2D eigenvalue weighted by atomic mass is 10.1. The SMILES string of the molecule is CC.Cc1cnc(COc2cc3onc(CCC(=O)O)c3cc2Cl)nc1. The molecule has 138 valence electrons. The highest BCUT2D eigenvalue weighted by Crippen LogP contribution is 2.32. The fourth-order valence-electron chi connectivity index (χ4n) is 2.14. The molecule has 0 atom stereocenters. The molecule has 0 fully saturated rings. The Morgan fingerprint density at radius 1 is 1.27 bits per heavy atom. The van der Waals surface area contributed by atoms with Gasteiger partial charge in [-0.1, -0.05) is 30.6 Å². The first kappa shape index (κ1) is 19.7. The Balaban J connectivity index is 0.00000117. The number of hydrogen-bond donors (Lipinski definition) is 1. The van der Waals surface area contributed by atoms with Gasteiger partial charge in [-0.3, -0.25) is 4.79 Å². The molecule has 0 bridgehead atoms. The molecule has 0 unspecified atom stereocenters. The summed E-state index contributed by atoms with van der Waals surface area (Å²) in [4.78, 5) is 19.0. The van der Waals surface area contributed by atoms with Crippen LogP contribution in [0.4, 0.5) is 0 Å². The van der Waals surface area contributed by atoms with E-state index in [1.54, 1.807) is 24.5 Å². The van der Waals surface area contributed by atoms with Gasteiger partial charge in [0.25, 0.3) is 0 Å². The van der Waals surface area contributed by atoms with Crippen molar-refractivity contribution in [2.75, 3.05) is 0 Å². The summed E-state index contributed by atoms with van der Waals surface area (Å²) in [6, 6.07) is 3.29. The first-order chi connectivity index (χ1) is 12.5. The van der Waals surface area contributed by atoms with Crippen LogP contribution in [0, 0.1) is 6.92 Å². The van der Waals surface area contributed by atoms with E-state index in [2.05, 4.69) is 15.1 Å². The smallest absolute Gasteiger partial charge is 0.303 e. The first-order valence-corrected chi connectivity index (χ1v) is 8.60. The number of hydrogen-bond acceptors (Lipinski definition) is 6. The molecule has 0 aliphatic heterocycles. The average Bonchev–Trinajstić information content (AvgIpc) is 3.02. The van der Waals surface area contributed by atoms with Gasteiger partial charge in [0.05, 0.1) is 17.1 Å². The number of carboxylic acids is 1. The number of ether oxygens (including phenoxy) is 1. The minimum atomic E-state index is -0.893. The second-order valence-electron chi connectivity index (χ2n) is 5.27. The number of carbonyl (C=O) groups is 1. The van der Waals surface area contributed by atoms with Crippen molar-refractivity contribution in [1.29, 1.82) is 0 Å². The van der Waals surface area contributed by atoms with Crippen LogP contribution in [0.2, 0.25) is 5.02 Å². The van der Waals surface area contributed by atoms with Crippen LogP contribution in [0.15, 0.2) is 29.0 Å². The molecular weight excluding hydrogens is 358 g/mol. The van der Waals surface area contributed by atoms with E-state index in [0.717, 1.165) is 5.56 Å². The third kappa shape index (κ3) is 4.92. The lowest BCUT2D eigenvalue weighted by Gasteiger charge is -2.07. The minimum Gasteiger partial charge on any atom is -0.484 e. The molecule has 0 saturated heterocycles. The van der Waals surface area contributed by atoms with E-state index in [-0.39, 0.29) is 19.4 Å². The van der Waals surface area contributed by atoms with Crippen molar-refractivity contribution in [2.24, 2.45) is 0 Å². The number of nitrogens with zero attached hydrogens (tertiary/aromatic N) is 3. The van der Waals surface area contributed by atoms with E-state index < -0.39 is 5.97 Å². The molecule has 0 amide bonds. The molecule has 8 heteroatoms. The largest absolute Gasteiger partial charge is 0.484 e. The molecule has 7 nitrogen and oxygen atoms in total. The third-order valence-electron chi connectivity index (χ3n) is 3.37. The van der Waals surface area contributed by atoms with Gasteiger partial charge in [0.1, 0.15) is 12.4 Å². The Morgan fingerprint density at radius 2 is 1.96 bits per heavy atom. The Morgan fingerprint density at radius 3 is 2.62 bits per heavy atom. The Bertz CT molecular complexity index is 878. The first-order valence-electron chi connectivity index (χ1n) is 8.23. The van der Waals surface area contributed by atoms with Crippen molar-refractivity contribution in [3.05, 3.63) is 46.6 Å². The van der Waals surface area contributed by atoms with Crippen molar-refractivity contribution in [1.82, 2.24) is 15.1 Å². The van der Waals surface area contributed by atoms with E-state index in [1.165, 1.54) is 0 Å². The summed E-state index contributed by atoms with van der Waals surface area (Å²) < 4.78 is 10.9. The van der Waals surface area contributed by atoms with Gasteiger partial charge < -0.3 is 14.4 Å². The van der Waals surface area contributed by atoms with Gasteiger partial charge in [0.15, 0.2) is 11.4 Å². The quantitative estimate of drug-likeness (QED) is 0.687. The van der Waals surface area contributed by atoms with Gasteiger partial charge in [0, 0.05) is 30.3 Å². The fourth-order valence-corrected chi connectivity index (χ4v) is 2.36. The lowest BCUT2D eigenvalue weighted by molar-refractivity contribution is -0.136. The second kappa shape index (κ2) is 9.15. The molecule has 2 aromatic heterocycles. The zero-order valence-corrected chi connectivity index (χ0v) is 15.6. The molecule has 26 heavy (non-hydrogen) atoms. The Labute approximate surface area is 156 Å². The molecule has 2 heterocycles. The van der Waals surface area contributed by atoms with Crippen LogP contribution < -0.4 is 4.74 Å². The monoisotopic (exact) mass is 377 g/mol. The van der Waals surface area contributed by atoms with Crippen LogP contribution in [0.25, 0.3) is 11.0 Å². The van der Waals surface area contributed by atoms with Gasteiger partial charge in [-0.15, -0.1) is 0 Å². The summed E-state index contributed by atoms with van der Waals surface area (Å²) in [7, 11) is 0. The molecule has 0 spiro atoms. The number of benzene rings is 1. The summed E-state index contributed by atoms with van der Waals surface area (Å²) >= 11 is 6.23. The molecule has 0 saturated carbocycles. The molecule has 1 aromatic carbocycles. The van der Waals surface area contributed by atoms with Gasteiger partial charge in [-0.05, 0) is 18.6 Å². The maximum atomic E-state index is 10.7. The van der Waals surface area contributed by atoms with E-state index in [0.29, 0.717) is 33.3 Å². The fraction of sp³-hybridized carbons (Fsp3) is 0.333. The van der Waals surface area contributed by atoms with Crippen molar-refractivity contribution in [3.63, 3.8) is 0 Å². The molecule has 3 aromatic rings. The zero-order valence-electron chi connectivity index (χ0n) is 14.8. The molecule has 0 aliphatic carbocycles. The van der Waals surface area contributed by atoms with Gasteiger partial charge in [0.2, 0.25) is 0 Å². The summed E-state index contributed by atoms with van der Waals surface area (Å²) in [5.74, 6) is 0.0704. The highest BCUT2D eigenvalue weighted by atomic mass is 35.5. The Hall–Kier alpha value is -2.67. The summed E-state index contributed by atoms with van der Waals surface area (Å²) in [5, 5.41) is 13.7. The number of rotatable bonds is 6. The average molecular weight is 378 g/mol. The maximum Gasteiger partial charge on any atom is 0.303 e. The van der Waals surface area contributed by atoms with Crippen molar-refractivity contribution >= 4 is 28.5 Å². The van der Waals surface area contributed by atoms with Gasteiger partial charge in [-0.25, -0.2) is 9.97 Å². The maximum absolute atomic E-state index is 10.7. The normalized spacial score (nSPS) is 10.3. The van der Waals surface area contributed by atoms with Crippen molar-refractivity contribution in [3.8, 4) is 5.75 Å². The van der Waals surface area contributed by atoms with Gasteiger partial charge in [-0.2, -0.15) is 0 Å². The standard InChI is InChI=1S/C16H14ClN3O4.C2H6/c1-9-6-18-15(19-7-9)8-23-14-5-13-10(4-11(14)17)12(20-24-13)2-3-16(21)22;1-2/h4-7H,2-3,8H2,1H3,(H,21,22);1-2H3. The predicted molar refractivity (Wildman–Crippen MR) is 97.4 cm³/mol. The molecule has 1 N–H and O–H groups in total. The molecule has 3 rings (SSSR count). The van der Waals surface area contributed by atoms with E-state index in [9.17, 15) is 4.79 Å². The number of aromatic nitrogens is 3. The van der Waals surface area contributed by atoms with Crippen molar-refractivity contribution in [2.45, 2.75) is 40.2 Å². The summed E-state index contributed by atoms with van der Waals surface area (Å²) in [5.41, 5.74) is 2.01. The van der Waals surface area contributed by atoms with E-state index in [4.69, 9.17) is 26.0 Å². The van der Waals surface area contributed by atoms with E-state index in [1.807, 2.05) is 20.8 Å². The number of fused-ring (bicyclic) bond motifs is 1. The zero-order chi connectivity index (χ0) is 19.1. The highest BCUT2D eigenvalue weighted by Gasteiger charge is 2.14. The van der Waals surface area contributed by atoms with Crippen LogP contribution in [0.5, 0.6) is 5.75 Å². The molecule has 0 radical (unpaired) electrons. The van der Waals surface area contributed by atoms with Crippen LogP contribution >= 0.6 is 11.6 Å². The van der Waals surface area contributed by atoms with Crippen molar-refractivity contribution < 1.29 is 19.2 Å². The number of carboxylic acid groups (broad SMARTS) is 1. The topological polar surface area (TPSA) is 98.3 Å². The van der Waals surface area contributed by atoms with Crippen LogP contribution in [0.1, 0.15) is 37.4 Å². The second-order valence-corrected chi connectivity index (χ2v) is 5.67. The number of aryl methyl sites for hydroxylation is 2.